The summed E-state index contributed by atoms with van der Waals surface area (Å²) in [5, 5.41) is 2.74. The lowest BCUT2D eigenvalue weighted by molar-refractivity contribution is -0.151. The molecule has 8 nitrogen and oxygen atoms in total. The Labute approximate surface area is 209 Å². The third-order valence-corrected chi connectivity index (χ3v) is 5.91. The number of rotatable bonds is 8. The molecule has 0 aromatic heterocycles. The molecule has 0 bridgehead atoms. The zero-order chi connectivity index (χ0) is 25.7. The molecule has 0 spiro atoms. The molecule has 8 heteroatoms. The van der Waals surface area contributed by atoms with Crippen molar-refractivity contribution >= 4 is 29.2 Å². The number of para-hydroxylation sites is 2. The SMILES string of the molecule is COc1ccccc1Oc1ccc(N2C[C@H](C(=O)OCC(=O)Nc3ccc(C)cc3C)CC2=O)cc1. The average Bonchev–Trinajstić information content (AvgIpc) is 3.26. The molecule has 1 aliphatic rings. The number of hydrogen-bond acceptors (Lipinski definition) is 6. The summed E-state index contributed by atoms with van der Waals surface area (Å²) in [6.45, 7) is 3.64. The number of amides is 2. The first-order valence-electron chi connectivity index (χ1n) is 11.6. The van der Waals surface area contributed by atoms with Gasteiger partial charge in [-0.3, -0.25) is 14.4 Å². The Morgan fingerprint density at radius 1 is 1.00 bits per heavy atom. The highest BCUT2D eigenvalue weighted by Gasteiger charge is 2.36. The number of hydrogen-bond donors (Lipinski definition) is 1. The molecule has 36 heavy (non-hydrogen) atoms. The molecular weight excluding hydrogens is 460 g/mol. The fourth-order valence-corrected chi connectivity index (χ4v) is 4.03. The van der Waals surface area contributed by atoms with E-state index in [-0.39, 0.29) is 18.9 Å². The fraction of sp³-hybridized carbons (Fsp3) is 0.250. The van der Waals surface area contributed by atoms with Gasteiger partial charge in [0.25, 0.3) is 5.91 Å². The number of benzene rings is 3. The number of nitrogens with one attached hydrogen (secondary N) is 1. The van der Waals surface area contributed by atoms with E-state index in [0.29, 0.717) is 28.6 Å². The number of carbonyl (C=O) groups excluding carboxylic acids is 3. The Morgan fingerprint density at radius 3 is 2.42 bits per heavy atom. The first-order chi connectivity index (χ1) is 17.3. The highest BCUT2D eigenvalue weighted by Crippen LogP contribution is 2.33. The van der Waals surface area contributed by atoms with Crippen LogP contribution in [0.25, 0.3) is 0 Å². The number of methoxy groups -OCH3 is 1. The summed E-state index contributed by atoms with van der Waals surface area (Å²) in [7, 11) is 1.57. The first kappa shape index (κ1) is 24.8. The molecule has 1 aliphatic heterocycles. The topological polar surface area (TPSA) is 94.2 Å². The molecule has 1 heterocycles. The van der Waals surface area contributed by atoms with Gasteiger partial charge in [-0.05, 0) is 61.9 Å². The van der Waals surface area contributed by atoms with Crippen molar-refractivity contribution in [3.8, 4) is 17.2 Å². The molecule has 4 rings (SSSR count). The van der Waals surface area contributed by atoms with E-state index in [1.54, 1.807) is 43.5 Å². The van der Waals surface area contributed by atoms with E-state index in [2.05, 4.69) is 5.32 Å². The van der Waals surface area contributed by atoms with Gasteiger partial charge >= 0.3 is 5.97 Å². The monoisotopic (exact) mass is 488 g/mol. The molecule has 186 valence electrons. The second-order valence-corrected chi connectivity index (χ2v) is 8.63. The van der Waals surface area contributed by atoms with Crippen molar-refractivity contribution in [3.63, 3.8) is 0 Å². The third-order valence-electron chi connectivity index (χ3n) is 5.91. The van der Waals surface area contributed by atoms with Crippen LogP contribution in [-0.2, 0) is 19.1 Å². The van der Waals surface area contributed by atoms with Gasteiger partial charge in [-0.2, -0.15) is 0 Å². The van der Waals surface area contributed by atoms with Crippen LogP contribution in [0.2, 0.25) is 0 Å². The van der Waals surface area contributed by atoms with Crippen molar-refractivity contribution in [2.45, 2.75) is 20.3 Å². The van der Waals surface area contributed by atoms with E-state index in [4.69, 9.17) is 14.2 Å². The van der Waals surface area contributed by atoms with Crippen LogP contribution >= 0.6 is 0 Å². The van der Waals surface area contributed by atoms with Crippen LogP contribution in [0, 0.1) is 19.8 Å². The number of esters is 1. The minimum absolute atomic E-state index is 0.0248. The van der Waals surface area contributed by atoms with Gasteiger partial charge in [-0.1, -0.05) is 29.8 Å². The molecule has 0 unspecified atom stereocenters. The van der Waals surface area contributed by atoms with E-state index in [9.17, 15) is 14.4 Å². The Balaban J connectivity index is 1.31. The van der Waals surface area contributed by atoms with Crippen LogP contribution in [0.15, 0.2) is 66.7 Å². The number of ether oxygens (including phenoxy) is 3. The summed E-state index contributed by atoms with van der Waals surface area (Å²) in [4.78, 5) is 38.9. The first-order valence-corrected chi connectivity index (χ1v) is 11.6. The molecule has 0 aliphatic carbocycles. The number of nitrogens with zero attached hydrogens (tertiary/aromatic N) is 1. The largest absolute Gasteiger partial charge is 0.493 e. The normalized spacial score (nSPS) is 14.9. The van der Waals surface area contributed by atoms with E-state index in [1.807, 2.05) is 44.2 Å². The van der Waals surface area contributed by atoms with Crippen LogP contribution in [0.5, 0.6) is 17.2 Å². The van der Waals surface area contributed by atoms with Gasteiger partial charge in [0, 0.05) is 24.3 Å². The van der Waals surface area contributed by atoms with Gasteiger partial charge < -0.3 is 24.4 Å². The smallest absolute Gasteiger partial charge is 0.311 e. The lowest BCUT2D eigenvalue weighted by Crippen LogP contribution is -2.28. The highest BCUT2D eigenvalue weighted by molar-refractivity contribution is 6.00. The minimum atomic E-state index is -0.643. The minimum Gasteiger partial charge on any atom is -0.493 e. The summed E-state index contributed by atoms with van der Waals surface area (Å²) < 4.78 is 16.4. The van der Waals surface area contributed by atoms with Crippen LogP contribution in [0.1, 0.15) is 17.5 Å². The Kier molecular flexibility index (Phi) is 7.53. The Hall–Kier alpha value is -4.33. The van der Waals surface area contributed by atoms with Crippen molar-refractivity contribution < 1.29 is 28.6 Å². The van der Waals surface area contributed by atoms with Gasteiger partial charge in [-0.15, -0.1) is 0 Å². The fourth-order valence-electron chi connectivity index (χ4n) is 4.03. The molecule has 0 radical (unpaired) electrons. The maximum atomic E-state index is 12.6. The third kappa shape index (κ3) is 5.83. The van der Waals surface area contributed by atoms with E-state index >= 15 is 0 Å². The van der Waals surface area contributed by atoms with E-state index in [0.717, 1.165) is 11.1 Å². The summed E-state index contributed by atoms with van der Waals surface area (Å²) in [5.41, 5.74) is 3.33. The van der Waals surface area contributed by atoms with Crippen molar-refractivity contribution in [2.24, 2.45) is 5.92 Å². The number of anilines is 2. The second kappa shape index (κ2) is 10.9. The maximum absolute atomic E-state index is 12.6. The van der Waals surface area contributed by atoms with Crippen molar-refractivity contribution in [1.82, 2.24) is 0 Å². The van der Waals surface area contributed by atoms with E-state index < -0.39 is 24.4 Å². The zero-order valence-electron chi connectivity index (χ0n) is 20.4. The molecule has 2 amide bonds. The summed E-state index contributed by atoms with van der Waals surface area (Å²) in [6, 6.07) is 20.0. The molecule has 1 atom stereocenters. The maximum Gasteiger partial charge on any atom is 0.311 e. The molecule has 3 aromatic rings. The van der Waals surface area contributed by atoms with Gasteiger partial charge in [0.05, 0.1) is 13.0 Å². The van der Waals surface area contributed by atoms with Crippen LogP contribution in [0.3, 0.4) is 0 Å². The van der Waals surface area contributed by atoms with E-state index in [1.165, 1.54) is 4.90 Å². The number of aryl methyl sites for hydroxylation is 2. The lowest BCUT2D eigenvalue weighted by atomic mass is 10.1. The predicted octanol–water partition coefficient (Wildman–Crippen LogP) is 4.64. The Bertz CT molecular complexity index is 1270. The molecule has 1 saturated heterocycles. The summed E-state index contributed by atoms with van der Waals surface area (Å²) >= 11 is 0. The van der Waals surface area contributed by atoms with Gasteiger partial charge in [0.15, 0.2) is 18.1 Å². The van der Waals surface area contributed by atoms with Crippen molar-refractivity contribution in [1.29, 1.82) is 0 Å². The van der Waals surface area contributed by atoms with Crippen molar-refractivity contribution in [2.75, 3.05) is 30.5 Å². The molecule has 1 N–H and O–H groups in total. The average molecular weight is 489 g/mol. The van der Waals surface area contributed by atoms with Crippen LogP contribution in [-0.4, -0.2) is 38.0 Å². The summed E-state index contributed by atoms with van der Waals surface area (Å²) in [6.07, 6.45) is 0.0248. The second-order valence-electron chi connectivity index (χ2n) is 8.63. The highest BCUT2D eigenvalue weighted by atomic mass is 16.5. The molecule has 1 fully saturated rings. The lowest BCUT2D eigenvalue weighted by Gasteiger charge is -2.17. The van der Waals surface area contributed by atoms with Gasteiger partial charge in [0.1, 0.15) is 5.75 Å². The predicted molar refractivity (Wildman–Crippen MR) is 135 cm³/mol. The standard InChI is InChI=1S/C28H28N2O6/c1-18-8-13-23(19(2)14-18)29-26(31)17-35-28(33)20-15-27(32)30(16-20)21-9-11-22(12-10-21)36-25-7-5-4-6-24(25)34-3/h4-14,20H,15-17H2,1-3H3,(H,29,31)/t20-/m1/s1. The van der Waals surface area contributed by atoms with Gasteiger partial charge in [0.2, 0.25) is 5.91 Å². The zero-order valence-corrected chi connectivity index (χ0v) is 20.4. The van der Waals surface area contributed by atoms with Crippen molar-refractivity contribution in [3.05, 3.63) is 77.9 Å². The molecular formula is C28H28N2O6. The summed E-state index contributed by atoms with van der Waals surface area (Å²) in [5.74, 6) is -0.0544. The van der Waals surface area contributed by atoms with Crippen LogP contribution in [0.4, 0.5) is 11.4 Å². The Morgan fingerprint density at radius 2 is 1.72 bits per heavy atom. The number of carbonyl (C=O) groups is 3. The van der Waals surface area contributed by atoms with Gasteiger partial charge in [-0.25, -0.2) is 0 Å². The quantitative estimate of drug-likeness (QED) is 0.465. The molecule has 0 saturated carbocycles. The molecule has 3 aromatic carbocycles. The van der Waals surface area contributed by atoms with Crippen LogP contribution < -0.4 is 19.7 Å².